The van der Waals surface area contributed by atoms with Crippen LogP contribution in [0.4, 0.5) is 5.82 Å². The van der Waals surface area contributed by atoms with Gasteiger partial charge in [0.2, 0.25) is 0 Å². The van der Waals surface area contributed by atoms with Crippen LogP contribution in [0.3, 0.4) is 0 Å². The zero-order valence-electron chi connectivity index (χ0n) is 11.6. The highest BCUT2D eigenvalue weighted by molar-refractivity contribution is 6.17. The molecule has 1 aliphatic heterocycles. The molecule has 2 heterocycles. The van der Waals surface area contributed by atoms with Gasteiger partial charge in [0.25, 0.3) is 0 Å². The largest absolute Gasteiger partial charge is 0.354 e. The van der Waals surface area contributed by atoms with Crippen molar-refractivity contribution in [3.8, 4) is 0 Å². The third kappa shape index (κ3) is 5.00. The van der Waals surface area contributed by atoms with E-state index in [0.29, 0.717) is 0 Å². The Balaban J connectivity index is 1.63. The highest BCUT2D eigenvalue weighted by Gasteiger charge is 2.16. The Hall–Kier alpha value is -0.800. The lowest BCUT2D eigenvalue weighted by molar-refractivity contribution is 0.251. The Bertz CT molecular complexity index is 337. The summed E-state index contributed by atoms with van der Waals surface area (Å²) in [5, 5.41) is 0. The minimum Gasteiger partial charge on any atom is -0.354 e. The molecule has 0 bridgehead atoms. The minimum atomic E-state index is 0.808. The highest BCUT2D eigenvalue weighted by Crippen LogP contribution is 2.13. The van der Waals surface area contributed by atoms with Crippen LogP contribution in [0.2, 0.25) is 0 Å². The molecular formula is C15H24ClN3. The number of alkyl halides is 1. The summed E-state index contributed by atoms with van der Waals surface area (Å²) in [5.74, 6) is 1.92. The maximum absolute atomic E-state index is 5.68. The third-order valence-electron chi connectivity index (χ3n) is 3.70. The summed E-state index contributed by atoms with van der Waals surface area (Å²) in [6.07, 6.45) is 6.93. The zero-order valence-corrected chi connectivity index (χ0v) is 12.4. The van der Waals surface area contributed by atoms with E-state index < -0.39 is 0 Å². The first-order valence-electron chi connectivity index (χ1n) is 7.34. The second-order valence-electron chi connectivity index (χ2n) is 5.12. The van der Waals surface area contributed by atoms with Crippen molar-refractivity contribution in [2.45, 2.75) is 25.7 Å². The molecule has 1 aromatic heterocycles. The van der Waals surface area contributed by atoms with E-state index in [2.05, 4.69) is 26.9 Å². The van der Waals surface area contributed by atoms with Gasteiger partial charge in [-0.2, -0.15) is 0 Å². The van der Waals surface area contributed by atoms with E-state index >= 15 is 0 Å². The van der Waals surface area contributed by atoms with Gasteiger partial charge in [-0.05, 0) is 31.5 Å². The predicted molar refractivity (Wildman–Crippen MR) is 82.1 cm³/mol. The fourth-order valence-corrected chi connectivity index (χ4v) is 2.71. The Morgan fingerprint density at radius 3 is 2.47 bits per heavy atom. The molecule has 0 aliphatic carbocycles. The van der Waals surface area contributed by atoms with Crippen molar-refractivity contribution in [3.05, 3.63) is 24.4 Å². The van der Waals surface area contributed by atoms with Gasteiger partial charge in [-0.15, -0.1) is 11.6 Å². The van der Waals surface area contributed by atoms with Gasteiger partial charge in [-0.25, -0.2) is 4.98 Å². The van der Waals surface area contributed by atoms with Crippen LogP contribution in [0.5, 0.6) is 0 Å². The average Bonchev–Trinajstić information content (AvgIpc) is 2.49. The number of aromatic nitrogens is 1. The van der Waals surface area contributed by atoms with Gasteiger partial charge in [0.15, 0.2) is 0 Å². The molecule has 1 aromatic rings. The topological polar surface area (TPSA) is 19.4 Å². The van der Waals surface area contributed by atoms with E-state index in [0.717, 1.165) is 44.3 Å². The number of anilines is 1. The maximum Gasteiger partial charge on any atom is 0.128 e. The van der Waals surface area contributed by atoms with Gasteiger partial charge >= 0.3 is 0 Å². The van der Waals surface area contributed by atoms with E-state index in [1.165, 1.54) is 25.8 Å². The molecule has 0 N–H and O–H groups in total. The first-order chi connectivity index (χ1) is 9.40. The van der Waals surface area contributed by atoms with Crippen molar-refractivity contribution < 1.29 is 0 Å². The molecular weight excluding hydrogens is 258 g/mol. The number of piperazine rings is 1. The number of nitrogens with zero attached hydrogens (tertiary/aromatic N) is 3. The van der Waals surface area contributed by atoms with Gasteiger partial charge in [-0.3, -0.25) is 4.90 Å². The minimum absolute atomic E-state index is 0.808. The molecule has 0 spiro atoms. The summed E-state index contributed by atoms with van der Waals surface area (Å²) in [7, 11) is 0. The molecule has 4 heteroatoms. The lowest BCUT2D eigenvalue weighted by Crippen LogP contribution is -2.46. The lowest BCUT2D eigenvalue weighted by atomic mass is 10.2. The van der Waals surface area contributed by atoms with Crippen LogP contribution in [-0.2, 0) is 0 Å². The number of hydrogen-bond donors (Lipinski definition) is 0. The summed E-state index contributed by atoms with van der Waals surface area (Å²) < 4.78 is 0. The van der Waals surface area contributed by atoms with Crippen LogP contribution in [0.15, 0.2) is 24.4 Å². The Kier molecular flexibility index (Phi) is 6.45. The number of halogens is 1. The molecule has 106 valence electrons. The first kappa shape index (κ1) is 14.6. The highest BCUT2D eigenvalue weighted by atomic mass is 35.5. The molecule has 0 aromatic carbocycles. The molecule has 0 atom stereocenters. The zero-order chi connectivity index (χ0) is 13.3. The van der Waals surface area contributed by atoms with Gasteiger partial charge in [0.1, 0.15) is 5.82 Å². The molecule has 3 nitrogen and oxygen atoms in total. The monoisotopic (exact) mass is 281 g/mol. The number of hydrogen-bond acceptors (Lipinski definition) is 3. The Morgan fingerprint density at radius 2 is 1.79 bits per heavy atom. The molecule has 1 aliphatic rings. The van der Waals surface area contributed by atoms with Crippen molar-refractivity contribution in [1.82, 2.24) is 9.88 Å². The van der Waals surface area contributed by atoms with Crippen molar-refractivity contribution in [3.63, 3.8) is 0 Å². The number of unbranched alkanes of at least 4 members (excludes halogenated alkanes) is 3. The maximum atomic E-state index is 5.68. The predicted octanol–water partition coefficient (Wildman–Crippen LogP) is 3.00. The van der Waals surface area contributed by atoms with Gasteiger partial charge < -0.3 is 4.90 Å². The molecule has 0 saturated carbocycles. The van der Waals surface area contributed by atoms with E-state index in [4.69, 9.17) is 11.6 Å². The van der Waals surface area contributed by atoms with Crippen LogP contribution in [0.1, 0.15) is 25.7 Å². The summed E-state index contributed by atoms with van der Waals surface area (Å²) in [4.78, 5) is 9.37. The van der Waals surface area contributed by atoms with Crippen molar-refractivity contribution in [2.75, 3.05) is 43.5 Å². The Morgan fingerprint density at radius 1 is 1.00 bits per heavy atom. The van der Waals surface area contributed by atoms with E-state index in [9.17, 15) is 0 Å². The molecule has 0 unspecified atom stereocenters. The van der Waals surface area contributed by atoms with Crippen LogP contribution >= 0.6 is 11.6 Å². The molecule has 0 radical (unpaired) electrons. The van der Waals surface area contributed by atoms with Gasteiger partial charge in [0.05, 0.1) is 0 Å². The van der Waals surface area contributed by atoms with Gasteiger partial charge in [-0.1, -0.05) is 18.9 Å². The molecule has 2 rings (SSSR count). The fraction of sp³-hybridized carbons (Fsp3) is 0.667. The molecule has 19 heavy (non-hydrogen) atoms. The Labute approximate surface area is 121 Å². The van der Waals surface area contributed by atoms with Crippen LogP contribution in [-0.4, -0.2) is 48.5 Å². The lowest BCUT2D eigenvalue weighted by Gasteiger charge is -2.35. The fourth-order valence-electron chi connectivity index (χ4n) is 2.52. The van der Waals surface area contributed by atoms with Crippen molar-refractivity contribution in [2.24, 2.45) is 0 Å². The summed E-state index contributed by atoms with van der Waals surface area (Å²) in [6.45, 7) is 5.74. The SMILES string of the molecule is ClCCCCCCN1CCN(c2ccccn2)CC1. The normalized spacial score (nSPS) is 16.8. The smallest absolute Gasteiger partial charge is 0.128 e. The van der Waals surface area contributed by atoms with Crippen LogP contribution < -0.4 is 4.90 Å². The average molecular weight is 282 g/mol. The first-order valence-corrected chi connectivity index (χ1v) is 7.88. The van der Waals surface area contributed by atoms with Crippen LogP contribution in [0.25, 0.3) is 0 Å². The van der Waals surface area contributed by atoms with E-state index in [1.807, 2.05) is 12.3 Å². The summed E-state index contributed by atoms with van der Waals surface area (Å²) >= 11 is 5.68. The molecule has 1 saturated heterocycles. The summed E-state index contributed by atoms with van der Waals surface area (Å²) in [6, 6.07) is 6.13. The van der Waals surface area contributed by atoms with Crippen molar-refractivity contribution >= 4 is 17.4 Å². The van der Waals surface area contributed by atoms with Gasteiger partial charge in [0, 0.05) is 38.3 Å². The number of rotatable bonds is 7. The molecule has 1 fully saturated rings. The third-order valence-corrected chi connectivity index (χ3v) is 3.97. The quantitative estimate of drug-likeness (QED) is 0.566. The standard InChI is InChI=1S/C15H24ClN3/c16-8-4-1-2-6-10-18-11-13-19(14-12-18)15-7-3-5-9-17-15/h3,5,7,9H,1-2,4,6,8,10-14H2. The molecule has 0 amide bonds. The van der Waals surface area contributed by atoms with E-state index in [1.54, 1.807) is 0 Å². The summed E-state index contributed by atoms with van der Waals surface area (Å²) in [5.41, 5.74) is 0. The number of pyridine rings is 1. The van der Waals surface area contributed by atoms with E-state index in [-0.39, 0.29) is 0 Å². The second kappa shape index (κ2) is 8.39. The van der Waals surface area contributed by atoms with Crippen LogP contribution in [0, 0.1) is 0 Å². The van der Waals surface area contributed by atoms with Crippen molar-refractivity contribution in [1.29, 1.82) is 0 Å². The second-order valence-corrected chi connectivity index (χ2v) is 5.50.